The smallest absolute Gasteiger partial charge is 0.325 e. The van der Waals surface area contributed by atoms with Crippen LogP contribution in [0.5, 0.6) is 0 Å². The molecule has 0 heterocycles. The van der Waals surface area contributed by atoms with Gasteiger partial charge in [0.1, 0.15) is 6.54 Å². The first kappa shape index (κ1) is 17.9. The highest BCUT2D eigenvalue weighted by Gasteiger charge is 2.22. The van der Waals surface area contributed by atoms with Crippen molar-refractivity contribution in [2.24, 2.45) is 5.73 Å². The van der Waals surface area contributed by atoms with Gasteiger partial charge in [0.25, 0.3) is 0 Å². The van der Waals surface area contributed by atoms with E-state index >= 15 is 0 Å². The fourth-order valence-electron chi connectivity index (χ4n) is 1.61. The molecule has 6 heteroatoms. The Balaban J connectivity index is 4.45. The van der Waals surface area contributed by atoms with Crippen molar-refractivity contribution in [2.45, 2.75) is 39.2 Å². The van der Waals surface area contributed by atoms with Gasteiger partial charge in [-0.05, 0) is 13.3 Å². The number of unbranched alkanes of at least 4 members (excludes halogenated alkanes) is 1. The Morgan fingerprint density at radius 3 is 2.53 bits per heavy atom. The summed E-state index contributed by atoms with van der Waals surface area (Å²) < 4.78 is 9.79. The summed E-state index contributed by atoms with van der Waals surface area (Å²) in [4.78, 5) is 25.0. The zero-order valence-corrected chi connectivity index (χ0v) is 12.2. The second-order valence-electron chi connectivity index (χ2n) is 4.31. The summed E-state index contributed by atoms with van der Waals surface area (Å²) in [6, 6.07) is -0.564. The normalized spacial score (nSPS) is 12.0. The van der Waals surface area contributed by atoms with Gasteiger partial charge in [-0.15, -0.1) is 0 Å². The third-order valence-corrected chi connectivity index (χ3v) is 2.69. The van der Waals surface area contributed by atoms with Crippen molar-refractivity contribution in [3.63, 3.8) is 0 Å². The molecular formula is C13H26N2O4. The highest BCUT2D eigenvalue weighted by molar-refractivity contribution is 5.85. The second-order valence-corrected chi connectivity index (χ2v) is 4.31. The molecule has 0 aromatic rings. The molecule has 0 radical (unpaired) electrons. The molecule has 1 unspecified atom stereocenters. The minimum atomic E-state index is -0.564. The highest BCUT2D eigenvalue weighted by atomic mass is 16.5. The maximum atomic E-state index is 12.1. The van der Waals surface area contributed by atoms with Crippen LogP contribution < -0.4 is 5.73 Å². The standard InChI is InChI=1S/C13H26N2O4/c1-4-6-7-11(14)13(17)15(8-9-18-3)10-12(16)19-5-2/h11H,4-10,14H2,1-3H3. The van der Waals surface area contributed by atoms with E-state index in [9.17, 15) is 9.59 Å². The van der Waals surface area contributed by atoms with Crippen LogP contribution in [0.2, 0.25) is 0 Å². The number of carbonyl (C=O) groups excluding carboxylic acids is 2. The number of hydrogen-bond acceptors (Lipinski definition) is 5. The van der Waals surface area contributed by atoms with Crippen LogP contribution in [0.1, 0.15) is 33.1 Å². The van der Waals surface area contributed by atoms with E-state index in [2.05, 4.69) is 0 Å². The van der Waals surface area contributed by atoms with Crippen LogP contribution in [0.25, 0.3) is 0 Å². The molecule has 6 nitrogen and oxygen atoms in total. The maximum absolute atomic E-state index is 12.1. The summed E-state index contributed by atoms with van der Waals surface area (Å²) in [7, 11) is 1.55. The van der Waals surface area contributed by atoms with E-state index in [1.165, 1.54) is 4.90 Å². The minimum Gasteiger partial charge on any atom is -0.465 e. The van der Waals surface area contributed by atoms with Crippen molar-refractivity contribution in [1.82, 2.24) is 4.90 Å². The zero-order chi connectivity index (χ0) is 14.7. The van der Waals surface area contributed by atoms with Crippen molar-refractivity contribution in [3.8, 4) is 0 Å². The summed E-state index contributed by atoms with van der Waals surface area (Å²) in [6.07, 6.45) is 2.50. The van der Waals surface area contributed by atoms with Crippen LogP contribution in [-0.2, 0) is 19.1 Å². The van der Waals surface area contributed by atoms with E-state index in [1.807, 2.05) is 6.92 Å². The molecular weight excluding hydrogens is 248 g/mol. The fourth-order valence-corrected chi connectivity index (χ4v) is 1.61. The van der Waals surface area contributed by atoms with Gasteiger partial charge in [-0.1, -0.05) is 19.8 Å². The second kappa shape index (κ2) is 10.8. The fraction of sp³-hybridized carbons (Fsp3) is 0.846. The third kappa shape index (κ3) is 7.79. The lowest BCUT2D eigenvalue weighted by Gasteiger charge is -2.24. The lowest BCUT2D eigenvalue weighted by molar-refractivity contribution is -0.149. The van der Waals surface area contributed by atoms with Gasteiger partial charge in [0, 0.05) is 13.7 Å². The molecule has 1 amide bonds. The Bertz CT molecular complexity index is 271. The van der Waals surface area contributed by atoms with Gasteiger partial charge in [0.05, 0.1) is 19.3 Å². The minimum absolute atomic E-state index is 0.0736. The molecule has 1 atom stereocenters. The Kier molecular flexibility index (Phi) is 10.1. The number of esters is 1. The number of nitrogens with two attached hydrogens (primary N) is 1. The number of nitrogens with zero attached hydrogens (tertiary/aromatic N) is 1. The van der Waals surface area contributed by atoms with Gasteiger partial charge >= 0.3 is 5.97 Å². The number of carbonyl (C=O) groups is 2. The zero-order valence-electron chi connectivity index (χ0n) is 12.2. The first-order valence-corrected chi connectivity index (χ1v) is 6.75. The van der Waals surface area contributed by atoms with Crippen molar-refractivity contribution < 1.29 is 19.1 Å². The van der Waals surface area contributed by atoms with E-state index < -0.39 is 12.0 Å². The molecule has 2 N–H and O–H groups in total. The number of rotatable bonds is 10. The van der Waals surface area contributed by atoms with Crippen molar-refractivity contribution in [3.05, 3.63) is 0 Å². The lowest BCUT2D eigenvalue weighted by Crippen LogP contribution is -2.47. The molecule has 0 aliphatic heterocycles. The number of methoxy groups -OCH3 is 1. The van der Waals surface area contributed by atoms with E-state index in [1.54, 1.807) is 14.0 Å². The Morgan fingerprint density at radius 2 is 2.00 bits per heavy atom. The Labute approximate surface area is 115 Å². The monoisotopic (exact) mass is 274 g/mol. The Hall–Kier alpha value is -1.14. The molecule has 0 saturated carbocycles. The highest BCUT2D eigenvalue weighted by Crippen LogP contribution is 2.03. The predicted octanol–water partition coefficient (Wildman–Crippen LogP) is 0.542. The summed E-state index contributed by atoms with van der Waals surface area (Å²) in [5.74, 6) is -0.645. The van der Waals surface area contributed by atoms with Gasteiger partial charge in [0.2, 0.25) is 5.91 Å². The largest absolute Gasteiger partial charge is 0.465 e. The first-order valence-electron chi connectivity index (χ1n) is 6.75. The molecule has 0 aromatic carbocycles. The number of ether oxygens (including phenoxy) is 2. The van der Waals surface area contributed by atoms with E-state index in [4.69, 9.17) is 15.2 Å². The third-order valence-electron chi connectivity index (χ3n) is 2.69. The topological polar surface area (TPSA) is 81.9 Å². The molecule has 19 heavy (non-hydrogen) atoms. The quantitative estimate of drug-likeness (QED) is 0.588. The maximum Gasteiger partial charge on any atom is 0.325 e. The summed E-state index contributed by atoms with van der Waals surface area (Å²) >= 11 is 0. The first-order chi connectivity index (χ1) is 9.06. The van der Waals surface area contributed by atoms with Gasteiger partial charge in [-0.3, -0.25) is 9.59 Å². The summed E-state index contributed by atoms with van der Waals surface area (Å²) in [5, 5.41) is 0. The van der Waals surface area contributed by atoms with E-state index in [0.29, 0.717) is 26.2 Å². The van der Waals surface area contributed by atoms with Crippen molar-refractivity contribution >= 4 is 11.9 Å². The molecule has 0 fully saturated rings. The molecule has 0 aromatic heterocycles. The summed E-state index contributed by atoms with van der Waals surface area (Å²) in [6.45, 7) is 4.70. The van der Waals surface area contributed by atoms with E-state index in [-0.39, 0.29) is 12.5 Å². The van der Waals surface area contributed by atoms with Crippen LogP contribution in [0.4, 0.5) is 0 Å². The average molecular weight is 274 g/mol. The van der Waals surface area contributed by atoms with Crippen LogP contribution in [0.15, 0.2) is 0 Å². The van der Waals surface area contributed by atoms with Gasteiger partial charge in [-0.25, -0.2) is 0 Å². The Morgan fingerprint density at radius 1 is 1.32 bits per heavy atom. The van der Waals surface area contributed by atoms with Crippen LogP contribution in [-0.4, -0.2) is 56.2 Å². The molecule has 0 spiro atoms. The lowest BCUT2D eigenvalue weighted by atomic mass is 10.1. The van der Waals surface area contributed by atoms with Gasteiger partial charge < -0.3 is 20.1 Å². The molecule has 0 rings (SSSR count). The van der Waals surface area contributed by atoms with Crippen LogP contribution in [0.3, 0.4) is 0 Å². The number of amides is 1. The molecule has 0 saturated heterocycles. The van der Waals surface area contributed by atoms with Crippen molar-refractivity contribution in [1.29, 1.82) is 0 Å². The molecule has 0 aliphatic rings. The molecule has 0 aliphatic carbocycles. The van der Waals surface area contributed by atoms with Crippen LogP contribution in [0, 0.1) is 0 Å². The van der Waals surface area contributed by atoms with Gasteiger partial charge in [-0.2, -0.15) is 0 Å². The van der Waals surface area contributed by atoms with Crippen molar-refractivity contribution in [2.75, 3.05) is 33.4 Å². The van der Waals surface area contributed by atoms with Gasteiger partial charge in [0.15, 0.2) is 0 Å². The summed E-state index contributed by atoms with van der Waals surface area (Å²) in [5.41, 5.74) is 5.84. The number of hydrogen-bond donors (Lipinski definition) is 1. The predicted molar refractivity (Wildman–Crippen MR) is 72.6 cm³/mol. The van der Waals surface area contributed by atoms with E-state index in [0.717, 1.165) is 12.8 Å². The van der Waals surface area contributed by atoms with Crippen LogP contribution >= 0.6 is 0 Å². The average Bonchev–Trinajstić information content (AvgIpc) is 2.40. The molecule has 112 valence electrons. The molecule has 0 bridgehead atoms. The SMILES string of the molecule is CCCCC(N)C(=O)N(CCOC)CC(=O)OCC.